The van der Waals surface area contributed by atoms with Gasteiger partial charge in [-0.15, -0.1) is 0 Å². The molecule has 1 nitrogen and oxygen atoms in total. The number of rotatable bonds is 1. The minimum Gasteiger partial charge on any atom is -0.314 e. The van der Waals surface area contributed by atoms with Crippen molar-refractivity contribution in [2.75, 3.05) is 6.54 Å². The summed E-state index contributed by atoms with van der Waals surface area (Å²) in [5, 5.41) is 3.63. The standard InChI is InChI=1S/C10H19N/c1-2-5-9(6-3-1)10-7-4-8-11-10/h9-11H,1-8H2/t10-/m1/s1. The largest absolute Gasteiger partial charge is 0.314 e. The van der Waals surface area contributed by atoms with E-state index < -0.39 is 0 Å². The van der Waals surface area contributed by atoms with Crippen molar-refractivity contribution in [3.05, 3.63) is 0 Å². The molecule has 0 aromatic carbocycles. The average molecular weight is 153 g/mol. The molecule has 0 aromatic rings. The molecule has 1 saturated carbocycles. The van der Waals surface area contributed by atoms with Crippen LogP contribution in [0.3, 0.4) is 0 Å². The van der Waals surface area contributed by atoms with Gasteiger partial charge in [-0.25, -0.2) is 0 Å². The Bertz CT molecular complexity index is 110. The normalized spacial score (nSPS) is 34.4. The van der Waals surface area contributed by atoms with Crippen LogP contribution in [-0.2, 0) is 0 Å². The summed E-state index contributed by atoms with van der Waals surface area (Å²) >= 11 is 0. The fourth-order valence-corrected chi connectivity index (χ4v) is 2.65. The molecular formula is C10H19N. The van der Waals surface area contributed by atoms with Gasteiger partial charge in [0, 0.05) is 6.04 Å². The zero-order chi connectivity index (χ0) is 7.52. The highest BCUT2D eigenvalue weighted by Gasteiger charge is 2.25. The Hall–Kier alpha value is -0.0400. The number of hydrogen-bond donors (Lipinski definition) is 1. The summed E-state index contributed by atoms with van der Waals surface area (Å²) in [6.07, 6.45) is 10.3. The fraction of sp³-hybridized carbons (Fsp3) is 1.00. The second kappa shape index (κ2) is 3.57. The second-order valence-electron chi connectivity index (χ2n) is 4.10. The predicted octanol–water partition coefficient (Wildman–Crippen LogP) is 2.32. The van der Waals surface area contributed by atoms with Crippen molar-refractivity contribution in [3.63, 3.8) is 0 Å². The Kier molecular flexibility index (Phi) is 2.47. The first-order valence-corrected chi connectivity index (χ1v) is 5.20. The molecule has 2 rings (SSSR count). The van der Waals surface area contributed by atoms with Gasteiger partial charge < -0.3 is 5.32 Å². The van der Waals surface area contributed by atoms with E-state index in [2.05, 4.69) is 5.32 Å². The van der Waals surface area contributed by atoms with Crippen LogP contribution in [0.2, 0.25) is 0 Å². The van der Waals surface area contributed by atoms with Crippen LogP contribution < -0.4 is 5.32 Å². The van der Waals surface area contributed by atoms with Crippen molar-refractivity contribution >= 4 is 0 Å². The lowest BCUT2D eigenvalue weighted by atomic mass is 9.83. The maximum Gasteiger partial charge on any atom is 0.00957 e. The molecule has 0 amide bonds. The summed E-state index contributed by atoms with van der Waals surface area (Å²) in [5.41, 5.74) is 0. The van der Waals surface area contributed by atoms with Crippen LogP contribution >= 0.6 is 0 Å². The second-order valence-corrected chi connectivity index (χ2v) is 4.10. The monoisotopic (exact) mass is 153 g/mol. The SMILES string of the molecule is C1CCC([C@H]2CCCN2)CC1. The summed E-state index contributed by atoms with van der Waals surface area (Å²) in [5.74, 6) is 1.03. The molecule has 0 radical (unpaired) electrons. The smallest absolute Gasteiger partial charge is 0.00957 e. The van der Waals surface area contributed by atoms with Gasteiger partial charge in [-0.1, -0.05) is 19.3 Å². The van der Waals surface area contributed by atoms with Crippen molar-refractivity contribution in [1.29, 1.82) is 0 Å². The van der Waals surface area contributed by atoms with Gasteiger partial charge >= 0.3 is 0 Å². The predicted molar refractivity (Wildman–Crippen MR) is 47.6 cm³/mol. The van der Waals surface area contributed by atoms with E-state index in [-0.39, 0.29) is 0 Å². The molecule has 2 aliphatic rings. The first kappa shape index (κ1) is 7.60. The van der Waals surface area contributed by atoms with Gasteiger partial charge in [0.1, 0.15) is 0 Å². The van der Waals surface area contributed by atoms with Crippen molar-refractivity contribution in [2.24, 2.45) is 5.92 Å². The van der Waals surface area contributed by atoms with Crippen molar-refractivity contribution in [1.82, 2.24) is 5.32 Å². The van der Waals surface area contributed by atoms with Crippen molar-refractivity contribution < 1.29 is 0 Å². The molecule has 0 spiro atoms. The Morgan fingerprint density at radius 3 is 2.27 bits per heavy atom. The van der Waals surface area contributed by atoms with Gasteiger partial charge in [0.2, 0.25) is 0 Å². The zero-order valence-corrected chi connectivity index (χ0v) is 7.31. The summed E-state index contributed by atoms with van der Waals surface area (Å²) in [6.45, 7) is 1.28. The Labute approximate surface area is 69.6 Å². The molecule has 0 unspecified atom stereocenters. The molecule has 1 aliphatic heterocycles. The van der Waals surface area contributed by atoms with Crippen LogP contribution in [0.4, 0.5) is 0 Å². The highest BCUT2D eigenvalue weighted by Crippen LogP contribution is 2.29. The lowest BCUT2D eigenvalue weighted by Gasteiger charge is -2.27. The molecule has 1 aliphatic carbocycles. The zero-order valence-electron chi connectivity index (χ0n) is 7.31. The van der Waals surface area contributed by atoms with Crippen LogP contribution in [0.5, 0.6) is 0 Å². The van der Waals surface area contributed by atoms with E-state index in [4.69, 9.17) is 0 Å². The van der Waals surface area contributed by atoms with Crippen LogP contribution in [0.25, 0.3) is 0 Å². The Morgan fingerprint density at radius 2 is 1.64 bits per heavy atom. The van der Waals surface area contributed by atoms with E-state index in [1.165, 1.54) is 51.5 Å². The van der Waals surface area contributed by atoms with E-state index >= 15 is 0 Å². The van der Waals surface area contributed by atoms with Gasteiger partial charge in [-0.2, -0.15) is 0 Å². The average Bonchev–Trinajstić information content (AvgIpc) is 2.58. The number of nitrogens with one attached hydrogen (secondary N) is 1. The third-order valence-electron chi connectivity index (χ3n) is 3.32. The van der Waals surface area contributed by atoms with E-state index in [1.54, 1.807) is 0 Å². The quantitative estimate of drug-likeness (QED) is 0.609. The van der Waals surface area contributed by atoms with E-state index in [0.29, 0.717) is 0 Å². The van der Waals surface area contributed by atoms with E-state index in [0.717, 1.165) is 12.0 Å². The lowest BCUT2D eigenvalue weighted by molar-refractivity contribution is 0.287. The summed E-state index contributed by atoms with van der Waals surface area (Å²) in [6, 6.07) is 0.898. The van der Waals surface area contributed by atoms with E-state index in [1.807, 2.05) is 0 Å². The molecule has 1 atom stereocenters. The maximum absolute atomic E-state index is 3.63. The lowest BCUT2D eigenvalue weighted by Crippen LogP contribution is -2.31. The van der Waals surface area contributed by atoms with Gasteiger partial charge in [0.25, 0.3) is 0 Å². The fourth-order valence-electron chi connectivity index (χ4n) is 2.65. The Morgan fingerprint density at radius 1 is 0.818 bits per heavy atom. The first-order chi connectivity index (χ1) is 5.47. The molecule has 2 fully saturated rings. The third kappa shape index (κ3) is 1.76. The molecule has 1 saturated heterocycles. The first-order valence-electron chi connectivity index (χ1n) is 5.20. The van der Waals surface area contributed by atoms with Gasteiger partial charge in [-0.3, -0.25) is 0 Å². The minimum atomic E-state index is 0.898. The molecule has 0 bridgehead atoms. The van der Waals surface area contributed by atoms with Crippen LogP contribution in [0.15, 0.2) is 0 Å². The van der Waals surface area contributed by atoms with Gasteiger partial charge in [0.15, 0.2) is 0 Å². The van der Waals surface area contributed by atoms with Crippen LogP contribution in [0, 0.1) is 5.92 Å². The Balaban J connectivity index is 1.82. The minimum absolute atomic E-state index is 0.898. The summed E-state index contributed by atoms with van der Waals surface area (Å²) in [7, 11) is 0. The van der Waals surface area contributed by atoms with Crippen molar-refractivity contribution in [3.8, 4) is 0 Å². The summed E-state index contributed by atoms with van der Waals surface area (Å²) in [4.78, 5) is 0. The highest BCUT2D eigenvalue weighted by molar-refractivity contribution is 4.83. The van der Waals surface area contributed by atoms with Crippen LogP contribution in [-0.4, -0.2) is 12.6 Å². The van der Waals surface area contributed by atoms with Gasteiger partial charge in [-0.05, 0) is 38.1 Å². The molecule has 1 heteroatoms. The third-order valence-corrected chi connectivity index (χ3v) is 3.32. The van der Waals surface area contributed by atoms with Gasteiger partial charge in [0.05, 0.1) is 0 Å². The maximum atomic E-state index is 3.63. The topological polar surface area (TPSA) is 12.0 Å². The molecule has 64 valence electrons. The van der Waals surface area contributed by atoms with Crippen molar-refractivity contribution in [2.45, 2.75) is 51.0 Å². The molecular weight excluding hydrogens is 134 g/mol. The molecule has 1 N–H and O–H groups in total. The number of hydrogen-bond acceptors (Lipinski definition) is 1. The molecule has 11 heavy (non-hydrogen) atoms. The summed E-state index contributed by atoms with van der Waals surface area (Å²) < 4.78 is 0. The van der Waals surface area contributed by atoms with Crippen LogP contribution in [0.1, 0.15) is 44.9 Å². The molecule has 0 aromatic heterocycles. The highest BCUT2D eigenvalue weighted by atomic mass is 14.9. The molecule has 1 heterocycles. The van der Waals surface area contributed by atoms with E-state index in [9.17, 15) is 0 Å².